The van der Waals surface area contributed by atoms with E-state index in [1.807, 2.05) is 6.92 Å². The molecule has 5 nitrogen and oxygen atoms in total. The molecule has 34 heavy (non-hydrogen) atoms. The fourth-order valence-electron chi connectivity index (χ4n) is 3.74. The number of halogens is 4. The Hall–Kier alpha value is -3.52. The van der Waals surface area contributed by atoms with Crippen LogP contribution in [-0.2, 0) is 17.9 Å². The zero-order valence-electron chi connectivity index (χ0n) is 18.1. The van der Waals surface area contributed by atoms with Crippen LogP contribution < -0.4 is 10.1 Å². The standard InChI is InChI=1S/C25H20ClF3N2O3/c1-2-21-25(33)31(12-14-6-7-16(27)11-18(14)26)13-15-10-17(8-9-22(15)34-21)30-24(32)23-19(28)4-3-5-20(23)29/h3-11,21H,2,12-13H2,1H3,(H,30,32). The number of hydrogen-bond donors (Lipinski definition) is 1. The van der Waals surface area contributed by atoms with Crippen molar-refractivity contribution >= 4 is 29.1 Å². The van der Waals surface area contributed by atoms with E-state index in [2.05, 4.69) is 5.32 Å². The zero-order chi connectivity index (χ0) is 24.4. The molecule has 0 saturated carbocycles. The molecule has 1 aliphatic heterocycles. The lowest BCUT2D eigenvalue weighted by molar-refractivity contribution is -0.139. The largest absolute Gasteiger partial charge is 0.480 e. The number of ether oxygens (including phenoxy) is 1. The molecule has 1 unspecified atom stereocenters. The number of hydrogen-bond acceptors (Lipinski definition) is 3. The van der Waals surface area contributed by atoms with Gasteiger partial charge in [-0.1, -0.05) is 30.7 Å². The molecule has 0 saturated heterocycles. The normalized spacial score (nSPS) is 15.4. The van der Waals surface area contributed by atoms with Gasteiger partial charge in [-0.05, 0) is 54.4 Å². The van der Waals surface area contributed by atoms with E-state index < -0.39 is 35.0 Å². The Bertz CT molecular complexity index is 1250. The second-order valence-electron chi connectivity index (χ2n) is 7.82. The topological polar surface area (TPSA) is 58.6 Å². The highest BCUT2D eigenvalue weighted by atomic mass is 35.5. The summed E-state index contributed by atoms with van der Waals surface area (Å²) < 4.78 is 47.3. The summed E-state index contributed by atoms with van der Waals surface area (Å²) in [5.74, 6) is -3.20. The van der Waals surface area contributed by atoms with Crippen molar-refractivity contribution in [1.29, 1.82) is 0 Å². The quantitative estimate of drug-likeness (QED) is 0.500. The van der Waals surface area contributed by atoms with Crippen LogP contribution in [0.5, 0.6) is 5.75 Å². The minimum Gasteiger partial charge on any atom is -0.480 e. The van der Waals surface area contributed by atoms with E-state index in [0.717, 1.165) is 12.1 Å². The summed E-state index contributed by atoms with van der Waals surface area (Å²) in [6, 6.07) is 11.8. The first-order valence-corrected chi connectivity index (χ1v) is 10.9. The van der Waals surface area contributed by atoms with Gasteiger partial charge in [-0.15, -0.1) is 0 Å². The Balaban J connectivity index is 1.62. The lowest BCUT2D eigenvalue weighted by atomic mass is 10.1. The molecule has 3 aromatic rings. The van der Waals surface area contributed by atoms with E-state index in [0.29, 0.717) is 23.3 Å². The van der Waals surface area contributed by atoms with Gasteiger partial charge in [-0.2, -0.15) is 0 Å². The van der Waals surface area contributed by atoms with Crippen LogP contribution in [0.25, 0.3) is 0 Å². The van der Waals surface area contributed by atoms with Crippen molar-refractivity contribution < 1.29 is 27.5 Å². The van der Waals surface area contributed by atoms with E-state index in [4.69, 9.17) is 16.3 Å². The maximum absolute atomic E-state index is 14.0. The van der Waals surface area contributed by atoms with Gasteiger partial charge >= 0.3 is 0 Å². The summed E-state index contributed by atoms with van der Waals surface area (Å²) in [7, 11) is 0. The van der Waals surface area contributed by atoms with Crippen molar-refractivity contribution in [3.8, 4) is 5.75 Å². The summed E-state index contributed by atoms with van der Waals surface area (Å²) in [5, 5.41) is 2.68. The average Bonchev–Trinajstić information content (AvgIpc) is 2.91. The van der Waals surface area contributed by atoms with Gasteiger partial charge in [0.15, 0.2) is 6.10 Å². The van der Waals surface area contributed by atoms with Crippen LogP contribution in [0.2, 0.25) is 5.02 Å². The third-order valence-corrected chi connectivity index (χ3v) is 5.82. The Morgan fingerprint density at radius 2 is 1.85 bits per heavy atom. The number of rotatable bonds is 5. The molecule has 4 rings (SSSR count). The van der Waals surface area contributed by atoms with Crippen LogP contribution in [0.15, 0.2) is 54.6 Å². The average molecular weight is 489 g/mol. The summed E-state index contributed by atoms with van der Waals surface area (Å²) in [6.45, 7) is 2.05. The third kappa shape index (κ3) is 4.87. The summed E-state index contributed by atoms with van der Waals surface area (Å²) >= 11 is 6.16. The van der Waals surface area contributed by atoms with Crippen molar-refractivity contribution in [1.82, 2.24) is 4.90 Å². The zero-order valence-corrected chi connectivity index (χ0v) is 18.8. The second kappa shape index (κ2) is 9.77. The van der Waals surface area contributed by atoms with Gasteiger partial charge in [-0.3, -0.25) is 9.59 Å². The monoisotopic (exact) mass is 488 g/mol. The lowest BCUT2D eigenvalue weighted by Crippen LogP contribution is -2.38. The molecule has 0 bridgehead atoms. The predicted molar refractivity (Wildman–Crippen MR) is 121 cm³/mol. The van der Waals surface area contributed by atoms with Gasteiger partial charge in [0.2, 0.25) is 0 Å². The molecule has 1 atom stereocenters. The highest BCUT2D eigenvalue weighted by Gasteiger charge is 2.30. The number of nitrogens with zero attached hydrogens (tertiary/aromatic N) is 1. The molecule has 1 aliphatic rings. The number of amides is 2. The van der Waals surface area contributed by atoms with Crippen molar-refractivity contribution in [2.75, 3.05) is 5.32 Å². The number of benzene rings is 3. The Kier molecular flexibility index (Phi) is 6.79. The smallest absolute Gasteiger partial charge is 0.264 e. The van der Waals surface area contributed by atoms with Gasteiger partial charge in [0.25, 0.3) is 11.8 Å². The number of carbonyl (C=O) groups excluding carboxylic acids is 2. The lowest BCUT2D eigenvalue weighted by Gasteiger charge is -2.23. The minimum atomic E-state index is -0.977. The summed E-state index contributed by atoms with van der Waals surface area (Å²) in [4.78, 5) is 27.1. The molecule has 1 heterocycles. The number of anilines is 1. The number of carbonyl (C=O) groups is 2. The van der Waals surface area contributed by atoms with E-state index in [1.165, 1.54) is 35.2 Å². The Morgan fingerprint density at radius 3 is 2.53 bits per heavy atom. The molecular formula is C25H20ClF3N2O3. The fraction of sp³-hybridized carbons (Fsp3) is 0.200. The van der Waals surface area contributed by atoms with Crippen molar-refractivity contribution in [3.05, 3.63) is 93.8 Å². The minimum absolute atomic E-state index is 0.119. The molecule has 0 aliphatic carbocycles. The molecular weight excluding hydrogens is 469 g/mol. The maximum Gasteiger partial charge on any atom is 0.264 e. The van der Waals surface area contributed by atoms with E-state index in [1.54, 1.807) is 12.1 Å². The molecule has 0 fully saturated rings. The van der Waals surface area contributed by atoms with Crippen molar-refractivity contribution in [2.45, 2.75) is 32.5 Å². The van der Waals surface area contributed by atoms with E-state index in [9.17, 15) is 22.8 Å². The summed E-state index contributed by atoms with van der Waals surface area (Å²) in [6.07, 6.45) is -0.329. The first-order chi connectivity index (χ1) is 16.3. The van der Waals surface area contributed by atoms with Gasteiger partial charge in [0.1, 0.15) is 28.8 Å². The fourth-order valence-corrected chi connectivity index (χ4v) is 3.97. The Morgan fingerprint density at radius 1 is 1.12 bits per heavy atom. The molecule has 176 valence electrons. The molecule has 0 aromatic heterocycles. The van der Waals surface area contributed by atoms with Crippen LogP contribution in [-0.4, -0.2) is 22.8 Å². The van der Waals surface area contributed by atoms with Crippen LogP contribution in [0, 0.1) is 17.5 Å². The van der Waals surface area contributed by atoms with Gasteiger partial charge in [-0.25, -0.2) is 13.2 Å². The van der Waals surface area contributed by atoms with E-state index >= 15 is 0 Å². The van der Waals surface area contributed by atoms with E-state index in [-0.39, 0.29) is 29.7 Å². The van der Waals surface area contributed by atoms with Crippen molar-refractivity contribution in [3.63, 3.8) is 0 Å². The van der Waals surface area contributed by atoms with Crippen LogP contribution in [0.1, 0.15) is 34.8 Å². The maximum atomic E-state index is 14.0. The highest BCUT2D eigenvalue weighted by molar-refractivity contribution is 6.31. The molecule has 2 amide bonds. The van der Waals surface area contributed by atoms with Gasteiger partial charge in [0, 0.05) is 29.4 Å². The Labute approximate surface area is 199 Å². The van der Waals surface area contributed by atoms with Gasteiger partial charge < -0.3 is 15.0 Å². The molecule has 0 radical (unpaired) electrons. The SMILES string of the molecule is CCC1Oc2ccc(NC(=O)c3c(F)cccc3F)cc2CN(Cc2ccc(F)cc2Cl)C1=O. The predicted octanol–water partition coefficient (Wildman–Crippen LogP) is 5.71. The second-order valence-corrected chi connectivity index (χ2v) is 8.23. The molecule has 0 spiro atoms. The highest BCUT2D eigenvalue weighted by Crippen LogP contribution is 2.31. The number of nitrogens with one attached hydrogen (secondary N) is 1. The summed E-state index contributed by atoms with van der Waals surface area (Å²) in [5.41, 5.74) is 0.725. The van der Waals surface area contributed by atoms with Gasteiger partial charge in [0.05, 0.1) is 0 Å². The van der Waals surface area contributed by atoms with Crippen LogP contribution >= 0.6 is 11.6 Å². The molecule has 3 aromatic carbocycles. The molecule has 1 N–H and O–H groups in total. The first kappa shape index (κ1) is 23.6. The van der Waals surface area contributed by atoms with Crippen molar-refractivity contribution in [2.24, 2.45) is 0 Å². The van der Waals surface area contributed by atoms with Crippen LogP contribution in [0.3, 0.4) is 0 Å². The van der Waals surface area contributed by atoms with Crippen LogP contribution in [0.4, 0.5) is 18.9 Å². The third-order valence-electron chi connectivity index (χ3n) is 5.47. The first-order valence-electron chi connectivity index (χ1n) is 10.5. The number of fused-ring (bicyclic) bond motifs is 1. The molecule has 9 heteroatoms.